The van der Waals surface area contributed by atoms with Crippen LogP contribution in [0, 0.1) is 0 Å². The zero-order valence-corrected chi connectivity index (χ0v) is 16.4. The number of halogens is 7. The van der Waals surface area contributed by atoms with Crippen molar-refractivity contribution in [2.75, 3.05) is 19.3 Å². The molecule has 2 nitrogen and oxygen atoms in total. The van der Waals surface area contributed by atoms with Crippen LogP contribution in [0.2, 0.25) is 0 Å². The quantitative estimate of drug-likeness (QED) is 0.199. The van der Waals surface area contributed by atoms with E-state index in [1.54, 1.807) is 6.26 Å². The number of rotatable bonds is 1. The third-order valence-corrected chi connectivity index (χ3v) is 4.32. The molecule has 0 aliphatic carbocycles. The molecule has 0 unspecified atom stereocenters. The molecule has 0 saturated carbocycles. The zero-order chi connectivity index (χ0) is 18.0. The van der Waals surface area contributed by atoms with Gasteiger partial charge in [-0.1, -0.05) is 11.8 Å². The highest BCUT2D eigenvalue weighted by Crippen LogP contribution is 2.38. The highest BCUT2D eigenvalue weighted by Gasteiger charge is 2.37. The van der Waals surface area contributed by atoms with Crippen molar-refractivity contribution in [3.8, 4) is 0 Å². The molecule has 1 aliphatic rings. The molecule has 142 valence electrons. The minimum atomic E-state index is -4.86. The fraction of sp³-hybridized carbons (Fsp3) is 0.533. The first kappa shape index (κ1) is 22.4. The number of hydrogen-bond donors (Lipinski definition) is 0. The molecule has 0 radical (unpaired) electrons. The Labute approximate surface area is 163 Å². The summed E-state index contributed by atoms with van der Waals surface area (Å²) in [6.45, 7) is 1.40. The molecule has 0 bridgehead atoms. The van der Waals surface area contributed by atoms with E-state index in [2.05, 4.69) is 4.99 Å². The van der Waals surface area contributed by atoms with Gasteiger partial charge in [0.05, 0.1) is 16.8 Å². The molecule has 1 saturated heterocycles. The maximum atomic E-state index is 12.9. The van der Waals surface area contributed by atoms with E-state index in [4.69, 9.17) is 0 Å². The number of hydrogen-bond acceptors (Lipinski definition) is 2. The number of alkyl halides is 6. The maximum Gasteiger partial charge on any atom is 0.416 e. The van der Waals surface area contributed by atoms with Gasteiger partial charge in [0.25, 0.3) is 0 Å². The Morgan fingerprint density at radius 3 is 1.80 bits per heavy atom. The number of amidine groups is 1. The molecule has 2 rings (SSSR count). The molecule has 1 fully saturated rings. The van der Waals surface area contributed by atoms with Crippen LogP contribution in [0.4, 0.5) is 32.0 Å². The summed E-state index contributed by atoms with van der Waals surface area (Å²) in [5, 5.41) is 0.433. The Bertz CT molecular complexity index is 577. The SMILES string of the molecule is CSC(=Nc1cc(C(F)(F)F)cc(C(F)(F)F)c1)N1CCCCC1.I. The van der Waals surface area contributed by atoms with Crippen LogP contribution in [0.25, 0.3) is 0 Å². The second-order valence-corrected chi connectivity index (χ2v) is 6.18. The number of aliphatic imine (C=N–C) groups is 1. The van der Waals surface area contributed by atoms with Crippen molar-refractivity contribution >= 4 is 46.6 Å². The van der Waals surface area contributed by atoms with Gasteiger partial charge in [-0.15, -0.1) is 24.0 Å². The molecule has 0 N–H and O–H groups in total. The minimum absolute atomic E-state index is 0. The Morgan fingerprint density at radius 2 is 1.40 bits per heavy atom. The summed E-state index contributed by atoms with van der Waals surface area (Å²) in [6.07, 6.45) is -5.12. The number of thioether (sulfide) groups is 1. The summed E-state index contributed by atoms with van der Waals surface area (Å²) in [6, 6.07) is 1.41. The van der Waals surface area contributed by atoms with Crippen LogP contribution in [0.5, 0.6) is 0 Å². The number of nitrogens with zero attached hydrogens (tertiary/aromatic N) is 2. The highest BCUT2D eigenvalue weighted by atomic mass is 127. The molecule has 0 aromatic heterocycles. The van der Waals surface area contributed by atoms with Crippen molar-refractivity contribution in [3.63, 3.8) is 0 Å². The summed E-state index contributed by atoms with van der Waals surface area (Å²) in [5.74, 6) is 0. The number of likely N-dealkylation sites (tertiary alicyclic amines) is 1. The van der Waals surface area contributed by atoms with E-state index in [1.807, 2.05) is 4.90 Å². The van der Waals surface area contributed by atoms with Gasteiger partial charge >= 0.3 is 12.4 Å². The van der Waals surface area contributed by atoms with E-state index in [9.17, 15) is 26.3 Å². The lowest BCUT2D eigenvalue weighted by Crippen LogP contribution is -2.33. The minimum Gasteiger partial charge on any atom is -0.351 e. The topological polar surface area (TPSA) is 15.6 Å². The van der Waals surface area contributed by atoms with Gasteiger partial charge in [-0.3, -0.25) is 0 Å². The van der Waals surface area contributed by atoms with Crippen molar-refractivity contribution in [1.29, 1.82) is 0 Å². The lowest BCUT2D eigenvalue weighted by atomic mass is 10.1. The highest BCUT2D eigenvalue weighted by molar-refractivity contribution is 14.0. The molecule has 0 atom stereocenters. The number of benzene rings is 1. The second kappa shape index (κ2) is 8.83. The van der Waals surface area contributed by atoms with Crippen LogP contribution in [0.3, 0.4) is 0 Å². The number of piperidine rings is 1. The second-order valence-electron chi connectivity index (χ2n) is 5.41. The molecule has 25 heavy (non-hydrogen) atoms. The molecule has 1 heterocycles. The third-order valence-electron chi connectivity index (χ3n) is 3.61. The summed E-state index contributed by atoms with van der Waals surface area (Å²) >= 11 is 1.21. The van der Waals surface area contributed by atoms with E-state index in [0.717, 1.165) is 19.3 Å². The van der Waals surface area contributed by atoms with Gasteiger partial charge in [0.1, 0.15) is 0 Å². The molecule has 1 aliphatic heterocycles. The van der Waals surface area contributed by atoms with E-state index in [1.165, 1.54) is 11.8 Å². The Hall–Kier alpha value is -0.650. The first-order valence-corrected chi connectivity index (χ1v) is 8.51. The fourth-order valence-corrected chi connectivity index (χ4v) is 3.08. The lowest BCUT2D eigenvalue weighted by Gasteiger charge is -2.28. The Balaban J connectivity index is 0.00000312. The molecule has 1 aromatic carbocycles. The van der Waals surface area contributed by atoms with Gasteiger partial charge < -0.3 is 4.90 Å². The largest absolute Gasteiger partial charge is 0.416 e. The predicted octanol–water partition coefficient (Wildman–Crippen LogP) is 6.18. The molecule has 0 amide bonds. The van der Waals surface area contributed by atoms with Crippen LogP contribution in [-0.4, -0.2) is 29.4 Å². The molecule has 1 aromatic rings. The van der Waals surface area contributed by atoms with Gasteiger partial charge in [-0.2, -0.15) is 26.3 Å². The van der Waals surface area contributed by atoms with E-state index in [-0.39, 0.29) is 35.7 Å². The Morgan fingerprint density at radius 1 is 0.920 bits per heavy atom. The summed E-state index contributed by atoms with van der Waals surface area (Å²) in [7, 11) is 0. The molecule has 0 spiro atoms. The van der Waals surface area contributed by atoms with Gasteiger partial charge in [-0.05, 0) is 43.7 Å². The zero-order valence-electron chi connectivity index (χ0n) is 13.2. The van der Waals surface area contributed by atoms with E-state index < -0.39 is 23.5 Å². The fourth-order valence-electron chi connectivity index (χ4n) is 2.44. The van der Waals surface area contributed by atoms with Crippen LogP contribution in [0.1, 0.15) is 30.4 Å². The van der Waals surface area contributed by atoms with Crippen LogP contribution in [-0.2, 0) is 12.4 Å². The van der Waals surface area contributed by atoms with Gasteiger partial charge in [0.2, 0.25) is 0 Å². The van der Waals surface area contributed by atoms with Crippen molar-refractivity contribution in [2.45, 2.75) is 31.6 Å². The van der Waals surface area contributed by atoms with Gasteiger partial charge in [0, 0.05) is 13.1 Å². The molecular formula is C15H17F6IN2S. The van der Waals surface area contributed by atoms with Crippen molar-refractivity contribution in [3.05, 3.63) is 29.3 Å². The molecular weight excluding hydrogens is 481 g/mol. The normalized spacial score (nSPS) is 16.6. The first-order valence-electron chi connectivity index (χ1n) is 7.28. The van der Waals surface area contributed by atoms with Crippen LogP contribution >= 0.6 is 35.7 Å². The van der Waals surface area contributed by atoms with Crippen LogP contribution < -0.4 is 0 Å². The van der Waals surface area contributed by atoms with E-state index >= 15 is 0 Å². The third kappa shape index (κ3) is 6.22. The smallest absolute Gasteiger partial charge is 0.351 e. The van der Waals surface area contributed by atoms with E-state index in [0.29, 0.717) is 30.4 Å². The standard InChI is InChI=1S/C15H16F6N2S.HI/c1-24-13(23-5-3-2-4-6-23)22-12-8-10(14(16,17)18)7-11(9-12)15(19,20)21;/h7-9H,2-6H2,1H3;1H. The average Bonchev–Trinajstić information content (AvgIpc) is 2.51. The van der Waals surface area contributed by atoms with Gasteiger partial charge in [0.15, 0.2) is 5.17 Å². The van der Waals surface area contributed by atoms with Crippen molar-refractivity contribution in [2.24, 2.45) is 4.99 Å². The van der Waals surface area contributed by atoms with Gasteiger partial charge in [-0.25, -0.2) is 4.99 Å². The molecule has 10 heteroatoms. The maximum absolute atomic E-state index is 12.9. The first-order chi connectivity index (χ1) is 11.1. The monoisotopic (exact) mass is 498 g/mol. The summed E-state index contributed by atoms with van der Waals surface area (Å²) in [4.78, 5) is 5.95. The Kier molecular flexibility index (Phi) is 7.91. The predicted molar refractivity (Wildman–Crippen MR) is 97.9 cm³/mol. The van der Waals surface area contributed by atoms with Crippen LogP contribution in [0.15, 0.2) is 23.2 Å². The summed E-state index contributed by atoms with van der Waals surface area (Å²) in [5.41, 5.74) is -3.04. The average molecular weight is 498 g/mol. The summed E-state index contributed by atoms with van der Waals surface area (Å²) < 4.78 is 77.3. The lowest BCUT2D eigenvalue weighted by molar-refractivity contribution is -0.143. The van der Waals surface area contributed by atoms with Crippen molar-refractivity contribution in [1.82, 2.24) is 4.90 Å². The van der Waals surface area contributed by atoms with Crippen molar-refractivity contribution < 1.29 is 26.3 Å².